The zero-order valence-corrected chi connectivity index (χ0v) is 13.8. The van der Waals surface area contributed by atoms with E-state index in [1.165, 1.54) is 37.5 Å². The SMILES string of the molecule is COc1ccc(OC)c(/C=C/C(=O)N[C@H](C#N)c2ccc(F)cc2)c1. The minimum absolute atomic E-state index is 0.406. The lowest BCUT2D eigenvalue weighted by molar-refractivity contribution is -0.116. The number of carbonyl (C=O) groups is 1. The summed E-state index contributed by atoms with van der Waals surface area (Å²) in [5.41, 5.74) is 1.16. The van der Waals surface area contributed by atoms with Gasteiger partial charge in [0, 0.05) is 11.6 Å². The van der Waals surface area contributed by atoms with Gasteiger partial charge in [-0.1, -0.05) is 12.1 Å². The summed E-state index contributed by atoms with van der Waals surface area (Å²) >= 11 is 0. The van der Waals surface area contributed by atoms with Crippen LogP contribution in [0.3, 0.4) is 0 Å². The van der Waals surface area contributed by atoms with Crippen molar-refractivity contribution in [3.63, 3.8) is 0 Å². The number of hydrogen-bond donors (Lipinski definition) is 1. The lowest BCUT2D eigenvalue weighted by Crippen LogP contribution is -2.25. The molecule has 25 heavy (non-hydrogen) atoms. The van der Waals surface area contributed by atoms with Gasteiger partial charge in [0.25, 0.3) is 0 Å². The van der Waals surface area contributed by atoms with Crippen molar-refractivity contribution >= 4 is 12.0 Å². The fourth-order valence-corrected chi connectivity index (χ4v) is 2.17. The van der Waals surface area contributed by atoms with Crippen LogP contribution in [0.4, 0.5) is 4.39 Å². The van der Waals surface area contributed by atoms with Gasteiger partial charge in [0.1, 0.15) is 23.4 Å². The van der Waals surface area contributed by atoms with E-state index in [1.54, 1.807) is 31.4 Å². The molecule has 0 aliphatic rings. The third-order valence-electron chi connectivity index (χ3n) is 3.47. The maximum Gasteiger partial charge on any atom is 0.245 e. The summed E-state index contributed by atoms with van der Waals surface area (Å²) < 4.78 is 23.3. The minimum Gasteiger partial charge on any atom is -0.497 e. The van der Waals surface area contributed by atoms with Gasteiger partial charge in [-0.2, -0.15) is 5.26 Å². The third kappa shape index (κ3) is 4.82. The maximum absolute atomic E-state index is 13.0. The second kappa shape index (κ2) is 8.50. The summed E-state index contributed by atoms with van der Waals surface area (Å²) in [6.07, 6.45) is 2.86. The summed E-state index contributed by atoms with van der Waals surface area (Å²) in [7, 11) is 3.07. The molecule has 0 aliphatic carbocycles. The van der Waals surface area contributed by atoms with Gasteiger partial charge in [-0.3, -0.25) is 4.79 Å². The molecule has 2 aromatic carbocycles. The number of rotatable bonds is 6. The Hall–Kier alpha value is -3.33. The maximum atomic E-state index is 13.0. The Bertz CT molecular complexity index is 810. The topological polar surface area (TPSA) is 71.3 Å². The van der Waals surface area contributed by atoms with E-state index in [0.717, 1.165) is 0 Å². The summed E-state index contributed by atoms with van der Waals surface area (Å²) in [5, 5.41) is 11.8. The van der Waals surface area contributed by atoms with E-state index in [1.807, 2.05) is 6.07 Å². The minimum atomic E-state index is -0.870. The van der Waals surface area contributed by atoms with Crippen molar-refractivity contribution in [2.24, 2.45) is 0 Å². The number of nitriles is 1. The first-order valence-electron chi connectivity index (χ1n) is 7.43. The van der Waals surface area contributed by atoms with Gasteiger partial charge in [-0.05, 0) is 42.0 Å². The first-order valence-corrected chi connectivity index (χ1v) is 7.43. The van der Waals surface area contributed by atoms with Gasteiger partial charge in [-0.25, -0.2) is 4.39 Å². The largest absolute Gasteiger partial charge is 0.497 e. The van der Waals surface area contributed by atoms with Crippen LogP contribution < -0.4 is 14.8 Å². The molecule has 0 radical (unpaired) electrons. The van der Waals surface area contributed by atoms with Crippen molar-refractivity contribution in [1.29, 1.82) is 5.26 Å². The predicted molar refractivity (Wildman–Crippen MR) is 91.5 cm³/mol. The molecule has 0 heterocycles. The smallest absolute Gasteiger partial charge is 0.245 e. The summed E-state index contributed by atoms with van der Waals surface area (Å²) in [5.74, 6) is 0.347. The number of ether oxygens (including phenoxy) is 2. The van der Waals surface area contributed by atoms with E-state index in [9.17, 15) is 14.4 Å². The van der Waals surface area contributed by atoms with Gasteiger partial charge in [0.05, 0.1) is 20.3 Å². The fourth-order valence-electron chi connectivity index (χ4n) is 2.17. The summed E-state index contributed by atoms with van der Waals surface area (Å²) in [4.78, 5) is 12.1. The number of nitrogens with one attached hydrogen (secondary N) is 1. The molecular formula is C19H17FN2O3. The molecule has 128 valence electrons. The lowest BCUT2D eigenvalue weighted by Gasteiger charge is -2.10. The number of hydrogen-bond acceptors (Lipinski definition) is 4. The highest BCUT2D eigenvalue weighted by atomic mass is 19.1. The van der Waals surface area contributed by atoms with Crippen LogP contribution in [0.15, 0.2) is 48.5 Å². The van der Waals surface area contributed by atoms with E-state index in [-0.39, 0.29) is 0 Å². The fraction of sp³-hybridized carbons (Fsp3) is 0.158. The number of carbonyl (C=O) groups excluding carboxylic acids is 1. The van der Waals surface area contributed by atoms with Gasteiger partial charge in [-0.15, -0.1) is 0 Å². The molecule has 0 spiro atoms. The Morgan fingerprint density at radius 3 is 2.52 bits per heavy atom. The molecule has 0 fully saturated rings. The van der Waals surface area contributed by atoms with Gasteiger partial charge >= 0.3 is 0 Å². The van der Waals surface area contributed by atoms with Crippen LogP contribution in [0.5, 0.6) is 11.5 Å². The van der Waals surface area contributed by atoms with Crippen molar-refractivity contribution < 1.29 is 18.7 Å². The first-order chi connectivity index (χ1) is 12.1. The number of nitrogens with zero attached hydrogens (tertiary/aromatic N) is 1. The molecule has 2 aromatic rings. The highest BCUT2D eigenvalue weighted by Crippen LogP contribution is 2.25. The molecule has 0 unspecified atom stereocenters. The third-order valence-corrected chi connectivity index (χ3v) is 3.47. The average Bonchev–Trinajstić information content (AvgIpc) is 2.64. The Balaban J connectivity index is 2.12. The standard InChI is InChI=1S/C19H17FN2O3/c1-24-16-8-9-18(25-2)14(11-16)5-10-19(23)22-17(12-21)13-3-6-15(20)7-4-13/h3-11,17H,1-2H3,(H,22,23)/b10-5+/t17-/m1/s1. The van der Waals surface area contributed by atoms with Crippen molar-refractivity contribution in [2.45, 2.75) is 6.04 Å². The van der Waals surface area contributed by atoms with E-state index >= 15 is 0 Å². The van der Waals surface area contributed by atoms with E-state index in [4.69, 9.17) is 9.47 Å². The summed E-state index contributed by atoms with van der Waals surface area (Å²) in [6, 6.07) is 11.7. The lowest BCUT2D eigenvalue weighted by atomic mass is 10.1. The van der Waals surface area contributed by atoms with Crippen molar-refractivity contribution in [1.82, 2.24) is 5.32 Å². The predicted octanol–water partition coefficient (Wildman–Crippen LogP) is 3.24. The van der Waals surface area contributed by atoms with Crippen LogP contribution in [0.1, 0.15) is 17.2 Å². The summed E-state index contributed by atoms with van der Waals surface area (Å²) in [6.45, 7) is 0. The number of benzene rings is 2. The highest BCUT2D eigenvalue weighted by molar-refractivity contribution is 5.92. The molecule has 6 heteroatoms. The van der Waals surface area contributed by atoms with E-state index in [0.29, 0.717) is 22.6 Å². The molecule has 1 N–H and O–H groups in total. The van der Waals surface area contributed by atoms with Crippen molar-refractivity contribution in [2.75, 3.05) is 14.2 Å². The second-order valence-corrected chi connectivity index (χ2v) is 5.06. The Morgan fingerprint density at radius 1 is 1.20 bits per heavy atom. The zero-order valence-electron chi connectivity index (χ0n) is 13.8. The van der Waals surface area contributed by atoms with Gasteiger partial charge in [0.2, 0.25) is 5.91 Å². The van der Waals surface area contributed by atoms with Crippen LogP contribution in [-0.2, 0) is 4.79 Å². The Kier molecular flexibility index (Phi) is 6.13. The number of amides is 1. The molecule has 1 amide bonds. The molecular weight excluding hydrogens is 323 g/mol. The van der Waals surface area contributed by atoms with Crippen molar-refractivity contribution in [3.05, 3.63) is 65.5 Å². The van der Waals surface area contributed by atoms with Gasteiger partial charge in [0.15, 0.2) is 0 Å². The Morgan fingerprint density at radius 2 is 1.92 bits per heavy atom. The van der Waals surface area contributed by atoms with Crippen LogP contribution in [0.25, 0.3) is 6.08 Å². The monoisotopic (exact) mass is 340 g/mol. The molecule has 0 bridgehead atoms. The number of methoxy groups -OCH3 is 2. The average molecular weight is 340 g/mol. The van der Waals surface area contributed by atoms with E-state index in [2.05, 4.69) is 5.32 Å². The zero-order chi connectivity index (χ0) is 18.2. The van der Waals surface area contributed by atoms with Crippen LogP contribution in [-0.4, -0.2) is 20.1 Å². The molecule has 1 atom stereocenters. The molecule has 0 saturated carbocycles. The van der Waals surface area contributed by atoms with Crippen LogP contribution >= 0.6 is 0 Å². The molecule has 0 aromatic heterocycles. The van der Waals surface area contributed by atoms with Crippen LogP contribution in [0.2, 0.25) is 0 Å². The first kappa shape index (κ1) is 18.0. The molecule has 2 rings (SSSR count). The molecule has 0 saturated heterocycles. The Labute approximate surface area is 145 Å². The quantitative estimate of drug-likeness (QED) is 0.820. The normalized spacial score (nSPS) is 11.6. The van der Waals surface area contributed by atoms with E-state index < -0.39 is 17.8 Å². The van der Waals surface area contributed by atoms with Crippen molar-refractivity contribution in [3.8, 4) is 17.6 Å². The highest BCUT2D eigenvalue weighted by Gasteiger charge is 2.12. The second-order valence-electron chi connectivity index (χ2n) is 5.06. The van der Waals surface area contributed by atoms with Gasteiger partial charge < -0.3 is 14.8 Å². The molecule has 0 aliphatic heterocycles. The van der Waals surface area contributed by atoms with Crippen LogP contribution in [0, 0.1) is 17.1 Å². The number of halogens is 1. The molecule has 5 nitrogen and oxygen atoms in total.